The Hall–Kier alpha value is -1.76. The topological polar surface area (TPSA) is 4.93 Å². The van der Waals surface area contributed by atoms with Gasteiger partial charge in [0.1, 0.15) is 0 Å². The van der Waals surface area contributed by atoms with Gasteiger partial charge in [-0.1, -0.05) is 25.5 Å². The molecule has 3 rings (SSSR count). The molecule has 0 unspecified atom stereocenters. The predicted molar refractivity (Wildman–Crippen MR) is 72.0 cm³/mol. The summed E-state index contributed by atoms with van der Waals surface area (Å²) in [5.74, 6) is 0. The van der Waals surface area contributed by atoms with Gasteiger partial charge in [-0.05, 0) is 42.8 Å². The molecule has 0 N–H and O–H groups in total. The highest BCUT2D eigenvalue weighted by Crippen LogP contribution is 2.28. The van der Waals surface area contributed by atoms with Crippen LogP contribution in [0.4, 0.5) is 0 Å². The Morgan fingerprint density at radius 3 is 2.12 bits per heavy atom. The number of rotatable bonds is 3. The van der Waals surface area contributed by atoms with E-state index in [0.29, 0.717) is 0 Å². The number of aromatic nitrogens is 1. The fraction of sp³-hybridized carbons (Fsp3) is 0.250. The summed E-state index contributed by atoms with van der Waals surface area (Å²) < 4.78 is 2.41. The molecule has 0 aliphatic rings. The van der Waals surface area contributed by atoms with Gasteiger partial charge in [-0.3, -0.25) is 0 Å². The van der Waals surface area contributed by atoms with Gasteiger partial charge in [0.2, 0.25) is 0 Å². The van der Waals surface area contributed by atoms with Crippen molar-refractivity contribution in [1.29, 1.82) is 0 Å². The normalized spacial score (nSPS) is 11.4. The van der Waals surface area contributed by atoms with Gasteiger partial charge in [-0.2, -0.15) is 0 Å². The first-order valence-electron chi connectivity index (χ1n) is 6.20. The Morgan fingerprint density at radius 2 is 1.59 bits per heavy atom. The zero-order chi connectivity index (χ0) is 11.7. The summed E-state index contributed by atoms with van der Waals surface area (Å²) >= 11 is 0. The highest BCUT2D eigenvalue weighted by atomic mass is 15.0. The molecule has 2 aromatic carbocycles. The first-order valence-corrected chi connectivity index (χ1v) is 6.20. The maximum atomic E-state index is 3.17. The minimum Gasteiger partial charge on any atom is -0.340 e. The lowest BCUT2D eigenvalue weighted by Crippen LogP contribution is -1.96. The van der Waals surface area contributed by atoms with E-state index >= 15 is 0 Å². The average molecular weight is 221 g/mol. The van der Waals surface area contributed by atoms with E-state index in [1.807, 2.05) is 12.1 Å². The first-order chi connectivity index (χ1) is 8.42. The molecule has 3 aromatic rings. The van der Waals surface area contributed by atoms with Crippen molar-refractivity contribution < 1.29 is 0 Å². The lowest BCUT2D eigenvalue weighted by atomic mass is 10.2. The van der Waals surface area contributed by atoms with Crippen molar-refractivity contribution in [2.75, 3.05) is 0 Å². The van der Waals surface area contributed by atoms with E-state index < -0.39 is 0 Å². The molecule has 1 nitrogen and oxygen atoms in total. The zero-order valence-corrected chi connectivity index (χ0v) is 10.0. The fourth-order valence-electron chi connectivity index (χ4n) is 2.43. The molecule has 0 aliphatic heterocycles. The van der Waals surface area contributed by atoms with Crippen molar-refractivity contribution in [1.82, 2.24) is 4.57 Å². The van der Waals surface area contributed by atoms with Gasteiger partial charge in [-0.25, -0.2) is 0 Å². The van der Waals surface area contributed by atoms with Crippen LogP contribution in [0.15, 0.2) is 36.4 Å². The summed E-state index contributed by atoms with van der Waals surface area (Å²) in [6, 6.07) is 18.8. The summed E-state index contributed by atoms with van der Waals surface area (Å²) in [5.41, 5.74) is 2.62. The van der Waals surface area contributed by atoms with Crippen molar-refractivity contribution in [3.05, 3.63) is 48.5 Å². The second-order valence-electron chi connectivity index (χ2n) is 4.39. The molecule has 0 saturated heterocycles. The van der Waals surface area contributed by atoms with Crippen LogP contribution in [0.3, 0.4) is 0 Å². The Kier molecular flexibility index (Phi) is 2.60. The van der Waals surface area contributed by atoms with Crippen molar-refractivity contribution in [3.8, 4) is 0 Å². The zero-order valence-electron chi connectivity index (χ0n) is 10.0. The van der Waals surface area contributed by atoms with E-state index in [0.717, 1.165) is 6.54 Å². The molecule has 1 aromatic heterocycles. The van der Waals surface area contributed by atoms with Gasteiger partial charge in [0.25, 0.3) is 0 Å². The Labute approximate surface area is 102 Å². The van der Waals surface area contributed by atoms with Gasteiger partial charge in [0.15, 0.2) is 0 Å². The number of hydrogen-bond acceptors (Lipinski definition) is 0. The van der Waals surface area contributed by atoms with Gasteiger partial charge in [0.05, 0.1) is 0 Å². The lowest BCUT2D eigenvalue weighted by Gasteiger charge is -2.05. The van der Waals surface area contributed by atoms with Crippen LogP contribution in [0.25, 0.3) is 21.8 Å². The molecule has 1 heteroatoms. The van der Waals surface area contributed by atoms with E-state index in [1.165, 1.54) is 34.6 Å². The van der Waals surface area contributed by atoms with Gasteiger partial charge >= 0.3 is 0 Å². The molecule has 84 valence electrons. The standard InChI is InChI=1S/C16H15N/c1-2-3-12-17-15-10-6-4-8-13(15)14-9-5-7-11-16(14)17/h6-11H,2-3,12H2,1H3. The number of fused-ring (bicyclic) bond motifs is 3. The molecule has 0 atom stereocenters. The minimum absolute atomic E-state index is 1.09. The number of benzene rings is 2. The van der Waals surface area contributed by atoms with Crippen molar-refractivity contribution >= 4 is 21.8 Å². The van der Waals surface area contributed by atoms with Gasteiger partial charge in [-0.15, -0.1) is 0 Å². The number of hydrogen-bond donors (Lipinski definition) is 0. The van der Waals surface area contributed by atoms with Crippen LogP contribution in [0.1, 0.15) is 19.8 Å². The van der Waals surface area contributed by atoms with E-state index in [1.54, 1.807) is 0 Å². The third-order valence-corrected chi connectivity index (χ3v) is 3.29. The Bertz CT molecular complexity index is 595. The molecule has 0 amide bonds. The third kappa shape index (κ3) is 1.62. The molecular formula is C16H15N. The number of nitrogens with zero attached hydrogens (tertiary/aromatic N) is 1. The van der Waals surface area contributed by atoms with E-state index in [-0.39, 0.29) is 0 Å². The van der Waals surface area contributed by atoms with Crippen LogP contribution in [0.5, 0.6) is 0 Å². The largest absolute Gasteiger partial charge is 0.340 e. The lowest BCUT2D eigenvalue weighted by molar-refractivity contribution is 0.665. The monoisotopic (exact) mass is 221 g/mol. The molecule has 1 heterocycles. The molecule has 0 fully saturated rings. The van der Waals surface area contributed by atoms with E-state index in [9.17, 15) is 0 Å². The summed E-state index contributed by atoms with van der Waals surface area (Å²) in [6.07, 6.45) is 2.44. The predicted octanol–water partition coefficient (Wildman–Crippen LogP) is 4.19. The summed E-state index contributed by atoms with van der Waals surface area (Å²) in [5, 5.41) is 2.57. The van der Waals surface area contributed by atoms with Crippen molar-refractivity contribution in [2.24, 2.45) is 0 Å². The molecule has 0 saturated carbocycles. The van der Waals surface area contributed by atoms with Crippen LogP contribution >= 0.6 is 0 Å². The van der Waals surface area contributed by atoms with E-state index in [2.05, 4.69) is 47.9 Å². The number of unbranched alkanes of at least 4 members (excludes halogenated alkanes) is 1. The van der Waals surface area contributed by atoms with Crippen molar-refractivity contribution in [2.45, 2.75) is 26.3 Å². The molecule has 0 aliphatic carbocycles. The highest BCUT2D eigenvalue weighted by Gasteiger charge is 2.08. The molecular weight excluding hydrogens is 206 g/mol. The molecule has 0 bridgehead atoms. The molecule has 17 heavy (non-hydrogen) atoms. The number of aryl methyl sites for hydroxylation is 1. The first kappa shape index (κ1) is 10.4. The highest BCUT2D eigenvalue weighted by molar-refractivity contribution is 6.07. The van der Waals surface area contributed by atoms with Crippen LogP contribution in [0.2, 0.25) is 0 Å². The van der Waals surface area contributed by atoms with Crippen LogP contribution in [-0.4, -0.2) is 4.57 Å². The summed E-state index contributed by atoms with van der Waals surface area (Å²) in [7, 11) is 0. The van der Waals surface area contributed by atoms with Crippen LogP contribution < -0.4 is 0 Å². The maximum Gasteiger partial charge on any atom is 0.0491 e. The van der Waals surface area contributed by atoms with Crippen LogP contribution in [0, 0.1) is 12.1 Å². The minimum atomic E-state index is 1.09. The van der Waals surface area contributed by atoms with E-state index in [4.69, 9.17) is 0 Å². The summed E-state index contributed by atoms with van der Waals surface area (Å²) in [4.78, 5) is 0. The van der Waals surface area contributed by atoms with Crippen molar-refractivity contribution in [3.63, 3.8) is 0 Å². The molecule has 0 spiro atoms. The average Bonchev–Trinajstić information content (AvgIpc) is 2.71. The second-order valence-corrected chi connectivity index (χ2v) is 4.39. The molecule has 2 radical (unpaired) electrons. The maximum absolute atomic E-state index is 3.17. The van der Waals surface area contributed by atoms with Crippen LogP contribution in [-0.2, 0) is 6.54 Å². The van der Waals surface area contributed by atoms with Gasteiger partial charge in [0, 0.05) is 28.4 Å². The quantitative estimate of drug-likeness (QED) is 0.624. The SMILES string of the molecule is CCCCn1c2cc[c]cc2c2c[c]ccc21. The Morgan fingerprint density at radius 1 is 1.00 bits per heavy atom. The fourth-order valence-corrected chi connectivity index (χ4v) is 2.43. The third-order valence-electron chi connectivity index (χ3n) is 3.29. The van der Waals surface area contributed by atoms with Gasteiger partial charge < -0.3 is 4.57 Å². The smallest absolute Gasteiger partial charge is 0.0491 e. The second kappa shape index (κ2) is 4.25. The summed E-state index contributed by atoms with van der Waals surface area (Å²) in [6.45, 7) is 3.32. The Balaban J connectivity index is 2.33.